The van der Waals surface area contributed by atoms with Crippen LogP contribution >= 0.6 is 33.9 Å². The molecule has 0 radical (unpaired) electrons. The van der Waals surface area contributed by atoms with E-state index in [1.54, 1.807) is 11.3 Å². The van der Waals surface area contributed by atoms with Crippen LogP contribution in [0.4, 0.5) is 0 Å². The molecule has 0 aliphatic carbocycles. The summed E-state index contributed by atoms with van der Waals surface area (Å²) in [7, 11) is 0. The van der Waals surface area contributed by atoms with Crippen molar-refractivity contribution in [3.8, 4) is 0 Å². The van der Waals surface area contributed by atoms with Gasteiger partial charge in [0.15, 0.2) is 0 Å². The normalized spacial score (nSPS) is 12.6. The quantitative estimate of drug-likeness (QED) is 0.777. The number of aryl methyl sites for hydroxylation is 2. The van der Waals surface area contributed by atoms with Gasteiger partial charge >= 0.3 is 0 Å². The number of likely N-dealkylation sites (N-methyl/N-ethyl adjacent to an activating group) is 1. The minimum atomic E-state index is 0.346. The van der Waals surface area contributed by atoms with Gasteiger partial charge in [-0.2, -0.15) is 0 Å². The summed E-state index contributed by atoms with van der Waals surface area (Å²) >= 11 is 4.18. The summed E-state index contributed by atoms with van der Waals surface area (Å²) in [4.78, 5) is 4.59. The second kappa shape index (κ2) is 6.81. The van der Waals surface area contributed by atoms with Crippen molar-refractivity contribution in [2.24, 2.45) is 0 Å². The lowest BCUT2D eigenvalue weighted by molar-refractivity contribution is 0.542. The fourth-order valence-corrected chi connectivity index (χ4v) is 3.55. The van der Waals surface area contributed by atoms with E-state index < -0.39 is 0 Å². The van der Waals surface area contributed by atoms with Crippen LogP contribution in [0.5, 0.6) is 0 Å². The second-order valence-electron chi connectivity index (χ2n) is 4.65. The molecule has 1 aromatic carbocycles. The number of hydrogen-bond donors (Lipinski definition) is 1. The highest BCUT2D eigenvalue weighted by molar-refractivity contribution is 14.1. The summed E-state index contributed by atoms with van der Waals surface area (Å²) in [6, 6.07) is 6.88. The van der Waals surface area contributed by atoms with Crippen molar-refractivity contribution in [2.45, 2.75) is 33.2 Å². The van der Waals surface area contributed by atoms with Crippen LogP contribution in [-0.2, 0) is 6.42 Å². The van der Waals surface area contributed by atoms with Crippen molar-refractivity contribution in [3.05, 3.63) is 49.0 Å². The lowest BCUT2D eigenvalue weighted by Crippen LogP contribution is -2.24. The van der Waals surface area contributed by atoms with E-state index in [-0.39, 0.29) is 0 Å². The molecule has 0 aliphatic heterocycles. The SMILES string of the molecule is CCNC(Cc1csc(C)n1)c1cccc(C)c1I. The molecule has 1 heterocycles. The average molecular weight is 386 g/mol. The monoisotopic (exact) mass is 386 g/mol. The minimum Gasteiger partial charge on any atom is -0.310 e. The number of rotatable bonds is 5. The van der Waals surface area contributed by atoms with Crippen LogP contribution in [0.2, 0.25) is 0 Å². The van der Waals surface area contributed by atoms with Crippen molar-refractivity contribution < 1.29 is 0 Å². The van der Waals surface area contributed by atoms with E-state index >= 15 is 0 Å². The van der Waals surface area contributed by atoms with Crippen molar-refractivity contribution >= 4 is 33.9 Å². The number of aromatic nitrogens is 1. The minimum absolute atomic E-state index is 0.346. The maximum Gasteiger partial charge on any atom is 0.0897 e. The Bertz CT molecular complexity index is 551. The van der Waals surface area contributed by atoms with E-state index in [1.165, 1.54) is 20.4 Å². The maximum atomic E-state index is 4.59. The van der Waals surface area contributed by atoms with Gasteiger partial charge in [-0.25, -0.2) is 4.98 Å². The first-order valence-corrected chi connectivity index (χ1v) is 8.47. The van der Waals surface area contributed by atoms with Crippen LogP contribution in [0, 0.1) is 17.4 Å². The summed E-state index contributed by atoms with van der Waals surface area (Å²) in [5, 5.41) is 6.90. The van der Waals surface area contributed by atoms with Gasteiger partial charge in [-0.1, -0.05) is 25.1 Å². The lowest BCUT2D eigenvalue weighted by Gasteiger charge is -2.20. The Kier molecular flexibility index (Phi) is 5.36. The van der Waals surface area contributed by atoms with Crippen LogP contribution in [0.3, 0.4) is 0 Å². The summed E-state index contributed by atoms with van der Waals surface area (Å²) in [6.07, 6.45) is 0.956. The molecule has 1 unspecified atom stereocenters. The zero-order valence-electron chi connectivity index (χ0n) is 11.5. The van der Waals surface area contributed by atoms with Crippen LogP contribution < -0.4 is 5.32 Å². The zero-order valence-corrected chi connectivity index (χ0v) is 14.5. The third kappa shape index (κ3) is 3.77. The third-order valence-electron chi connectivity index (χ3n) is 3.13. The molecule has 4 heteroatoms. The second-order valence-corrected chi connectivity index (χ2v) is 6.79. The predicted molar refractivity (Wildman–Crippen MR) is 90.9 cm³/mol. The standard InChI is InChI=1S/C15H19IN2S/c1-4-17-14(8-12-9-19-11(3)18-12)13-7-5-6-10(2)15(13)16/h5-7,9,14,17H,4,8H2,1-3H3. The van der Waals surface area contributed by atoms with Crippen molar-refractivity contribution in [3.63, 3.8) is 0 Å². The van der Waals surface area contributed by atoms with Gasteiger partial charge < -0.3 is 5.32 Å². The predicted octanol–water partition coefficient (Wildman–Crippen LogP) is 4.26. The lowest BCUT2D eigenvalue weighted by atomic mass is 10.0. The number of nitrogens with one attached hydrogen (secondary N) is 1. The highest BCUT2D eigenvalue weighted by Crippen LogP contribution is 2.26. The molecule has 1 atom stereocenters. The maximum absolute atomic E-state index is 4.59. The van der Waals surface area contributed by atoms with Crippen molar-refractivity contribution in [2.75, 3.05) is 6.54 Å². The van der Waals surface area contributed by atoms with E-state index in [2.05, 4.69) is 77.2 Å². The smallest absolute Gasteiger partial charge is 0.0897 e. The molecule has 0 aliphatic rings. The van der Waals surface area contributed by atoms with E-state index in [4.69, 9.17) is 0 Å². The summed E-state index contributed by atoms with van der Waals surface area (Å²) in [5.41, 5.74) is 3.91. The molecule has 102 valence electrons. The third-order valence-corrected chi connectivity index (χ3v) is 5.42. The Balaban J connectivity index is 2.26. The number of benzene rings is 1. The highest BCUT2D eigenvalue weighted by atomic mass is 127. The Hall–Kier alpha value is -0.460. The summed E-state index contributed by atoms with van der Waals surface area (Å²) in [6.45, 7) is 7.36. The zero-order chi connectivity index (χ0) is 13.8. The van der Waals surface area contributed by atoms with Gasteiger partial charge in [0, 0.05) is 21.4 Å². The fraction of sp³-hybridized carbons (Fsp3) is 0.400. The van der Waals surface area contributed by atoms with Gasteiger partial charge in [-0.15, -0.1) is 11.3 Å². The van der Waals surface area contributed by atoms with Gasteiger partial charge in [0.2, 0.25) is 0 Å². The summed E-state index contributed by atoms with van der Waals surface area (Å²) < 4.78 is 1.36. The number of thiazole rings is 1. The summed E-state index contributed by atoms with van der Waals surface area (Å²) in [5.74, 6) is 0. The largest absolute Gasteiger partial charge is 0.310 e. The Morgan fingerprint density at radius 3 is 2.79 bits per heavy atom. The van der Waals surface area contributed by atoms with Gasteiger partial charge in [0.05, 0.1) is 10.7 Å². The highest BCUT2D eigenvalue weighted by Gasteiger charge is 2.16. The molecule has 2 nitrogen and oxygen atoms in total. The van der Waals surface area contributed by atoms with Crippen molar-refractivity contribution in [1.29, 1.82) is 0 Å². The first-order chi connectivity index (χ1) is 9.11. The molecule has 0 bridgehead atoms. The topological polar surface area (TPSA) is 24.9 Å². The number of nitrogens with zero attached hydrogens (tertiary/aromatic N) is 1. The molecular formula is C15H19IN2S. The van der Waals surface area contributed by atoms with E-state index in [9.17, 15) is 0 Å². The van der Waals surface area contributed by atoms with E-state index in [0.29, 0.717) is 6.04 Å². The van der Waals surface area contributed by atoms with Crippen LogP contribution in [0.15, 0.2) is 23.6 Å². The molecule has 0 saturated carbocycles. The molecule has 1 aromatic heterocycles. The first kappa shape index (κ1) is 14.9. The molecule has 1 N–H and O–H groups in total. The first-order valence-electron chi connectivity index (χ1n) is 6.51. The molecule has 2 rings (SSSR count). The van der Waals surface area contributed by atoms with Crippen LogP contribution in [0.25, 0.3) is 0 Å². The number of hydrogen-bond acceptors (Lipinski definition) is 3. The van der Waals surface area contributed by atoms with E-state index in [0.717, 1.165) is 18.0 Å². The number of halogens is 1. The molecule has 19 heavy (non-hydrogen) atoms. The fourth-order valence-electron chi connectivity index (χ4n) is 2.19. The van der Waals surface area contributed by atoms with Gasteiger partial charge in [0.25, 0.3) is 0 Å². The van der Waals surface area contributed by atoms with Crippen molar-refractivity contribution in [1.82, 2.24) is 10.3 Å². The molecule has 0 spiro atoms. The van der Waals surface area contributed by atoms with Crippen LogP contribution in [-0.4, -0.2) is 11.5 Å². The average Bonchev–Trinajstić information content (AvgIpc) is 2.78. The Morgan fingerprint density at radius 2 is 2.16 bits per heavy atom. The van der Waals surface area contributed by atoms with Gasteiger partial charge in [0.1, 0.15) is 0 Å². The molecule has 0 fully saturated rings. The molecule has 2 aromatic rings. The molecular weight excluding hydrogens is 367 g/mol. The van der Waals surface area contributed by atoms with E-state index in [1.807, 2.05) is 0 Å². The molecule has 0 saturated heterocycles. The van der Waals surface area contributed by atoms with Gasteiger partial charge in [-0.3, -0.25) is 0 Å². The molecule has 0 amide bonds. The Morgan fingerprint density at radius 1 is 1.37 bits per heavy atom. The van der Waals surface area contributed by atoms with Crippen LogP contribution in [0.1, 0.15) is 34.8 Å². The van der Waals surface area contributed by atoms with Gasteiger partial charge in [-0.05, 0) is 54.1 Å². The Labute approximate surface area is 132 Å².